The van der Waals surface area contributed by atoms with Gasteiger partial charge in [0.2, 0.25) is 0 Å². The van der Waals surface area contributed by atoms with Gasteiger partial charge in [0.1, 0.15) is 0 Å². The summed E-state index contributed by atoms with van der Waals surface area (Å²) in [5.41, 5.74) is 11.3. The van der Waals surface area contributed by atoms with E-state index in [4.69, 9.17) is 15.0 Å². The second-order valence-corrected chi connectivity index (χ2v) is 11.7. The highest BCUT2D eigenvalue weighted by Gasteiger charge is 2.20. The number of aromatic nitrogens is 4. The van der Waals surface area contributed by atoms with Crippen LogP contribution in [-0.4, -0.2) is 19.5 Å². The number of pyridine rings is 1. The predicted octanol–water partition coefficient (Wildman–Crippen LogP) is 10.8. The molecule has 0 unspecified atom stereocenters. The lowest BCUT2D eigenvalue weighted by Crippen LogP contribution is -1.98. The minimum absolute atomic E-state index is 0.709. The second-order valence-electron chi connectivity index (χ2n) is 11.7. The molecule has 4 nitrogen and oxygen atoms in total. The van der Waals surface area contributed by atoms with Gasteiger partial charge in [0.25, 0.3) is 0 Å². The first-order valence-corrected chi connectivity index (χ1v) is 15.8. The molecule has 0 radical (unpaired) electrons. The summed E-state index contributed by atoms with van der Waals surface area (Å²) in [5.74, 6) is 0.709. The molecule has 6 aromatic carbocycles. The number of rotatable bonds is 5. The van der Waals surface area contributed by atoms with Gasteiger partial charge in [-0.25, -0.2) is 15.0 Å². The van der Waals surface area contributed by atoms with Gasteiger partial charge in [0.05, 0.1) is 33.6 Å². The molecule has 0 saturated heterocycles. The molecule has 0 N–H and O–H groups in total. The average Bonchev–Trinajstić information content (AvgIpc) is 3.51. The van der Waals surface area contributed by atoms with Gasteiger partial charge < -0.3 is 4.57 Å². The highest BCUT2D eigenvalue weighted by atomic mass is 15.0. The van der Waals surface area contributed by atoms with Crippen LogP contribution in [0.2, 0.25) is 0 Å². The number of nitrogens with zero attached hydrogens (tertiary/aromatic N) is 4. The van der Waals surface area contributed by atoms with Crippen LogP contribution in [0.4, 0.5) is 0 Å². The number of benzene rings is 6. The van der Waals surface area contributed by atoms with E-state index in [1.54, 1.807) is 0 Å². The fraction of sp³-hybridized carbons (Fsp3) is 0. The number of para-hydroxylation sites is 2. The molecule has 0 aliphatic carbocycles. The van der Waals surface area contributed by atoms with Crippen LogP contribution in [-0.2, 0) is 0 Å². The Balaban J connectivity index is 1.25. The van der Waals surface area contributed by atoms with Gasteiger partial charge in [-0.3, -0.25) is 0 Å². The van der Waals surface area contributed by atoms with Crippen LogP contribution in [0.1, 0.15) is 0 Å². The lowest BCUT2D eigenvalue weighted by atomic mass is 10.0. The van der Waals surface area contributed by atoms with Crippen LogP contribution in [0.5, 0.6) is 0 Å². The standard InChI is InChI=1S/C43H28N4/c1-4-14-29(15-5-1)37-28-38(46-43(45-37)32-18-8-3-9-19-32)30-24-26-33(27-25-30)47-39-23-13-11-21-35(39)40-41(31-16-6-2-7-17-31)44-36-22-12-10-20-34(36)42(40)47/h1-28H. The third kappa shape index (κ3) is 4.66. The zero-order valence-corrected chi connectivity index (χ0v) is 25.5. The van der Waals surface area contributed by atoms with E-state index >= 15 is 0 Å². The topological polar surface area (TPSA) is 43.6 Å². The number of fused-ring (bicyclic) bond motifs is 5. The number of hydrogen-bond acceptors (Lipinski definition) is 3. The average molecular weight is 601 g/mol. The third-order valence-corrected chi connectivity index (χ3v) is 8.80. The van der Waals surface area contributed by atoms with Crippen LogP contribution >= 0.6 is 0 Å². The molecule has 0 atom stereocenters. The Kier molecular flexibility index (Phi) is 6.43. The molecule has 0 fully saturated rings. The van der Waals surface area contributed by atoms with Gasteiger partial charge in [0.15, 0.2) is 5.82 Å². The molecule has 0 amide bonds. The van der Waals surface area contributed by atoms with Crippen molar-refractivity contribution in [3.63, 3.8) is 0 Å². The van der Waals surface area contributed by atoms with Crippen LogP contribution in [0, 0.1) is 0 Å². The SMILES string of the molecule is c1ccc(-c2cc(-c3ccc(-n4c5ccccc5c5c(-c6ccccc6)nc6ccccc6c54)cc3)nc(-c3ccccc3)n2)cc1. The molecule has 220 valence electrons. The van der Waals surface area contributed by atoms with Crippen molar-refractivity contribution in [2.75, 3.05) is 0 Å². The molecule has 0 saturated carbocycles. The summed E-state index contributed by atoms with van der Waals surface area (Å²) in [6.07, 6.45) is 0. The minimum Gasteiger partial charge on any atom is -0.308 e. The van der Waals surface area contributed by atoms with Crippen LogP contribution in [0.25, 0.3) is 83.6 Å². The van der Waals surface area contributed by atoms with Gasteiger partial charge in [0, 0.05) is 44.1 Å². The smallest absolute Gasteiger partial charge is 0.160 e. The van der Waals surface area contributed by atoms with Crippen molar-refractivity contribution in [3.05, 3.63) is 170 Å². The Morgan fingerprint density at radius 2 is 0.936 bits per heavy atom. The quantitative estimate of drug-likeness (QED) is 0.197. The van der Waals surface area contributed by atoms with E-state index in [-0.39, 0.29) is 0 Å². The lowest BCUT2D eigenvalue weighted by Gasteiger charge is -2.13. The molecule has 9 aromatic rings. The van der Waals surface area contributed by atoms with Crippen molar-refractivity contribution < 1.29 is 0 Å². The van der Waals surface area contributed by atoms with E-state index in [9.17, 15) is 0 Å². The molecule has 0 bridgehead atoms. The molecule has 47 heavy (non-hydrogen) atoms. The molecular formula is C43H28N4. The van der Waals surface area contributed by atoms with Crippen LogP contribution in [0.15, 0.2) is 170 Å². The summed E-state index contributed by atoms with van der Waals surface area (Å²) < 4.78 is 2.38. The highest BCUT2D eigenvalue weighted by molar-refractivity contribution is 6.22. The van der Waals surface area contributed by atoms with Crippen molar-refractivity contribution in [3.8, 4) is 50.8 Å². The fourth-order valence-corrected chi connectivity index (χ4v) is 6.61. The van der Waals surface area contributed by atoms with Crippen LogP contribution in [0.3, 0.4) is 0 Å². The first-order chi connectivity index (χ1) is 23.3. The Labute approximate surface area is 272 Å². The van der Waals surface area contributed by atoms with Crippen molar-refractivity contribution >= 4 is 32.7 Å². The monoisotopic (exact) mass is 600 g/mol. The second kappa shape index (κ2) is 11.2. The Morgan fingerprint density at radius 3 is 1.62 bits per heavy atom. The summed E-state index contributed by atoms with van der Waals surface area (Å²) in [4.78, 5) is 15.2. The van der Waals surface area contributed by atoms with E-state index in [0.717, 1.165) is 72.3 Å². The van der Waals surface area contributed by atoms with Gasteiger partial charge in [-0.15, -0.1) is 0 Å². The normalized spacial score (nSPS) is 11.4. The zero-order chi connectivity index (χ0) is 31.2. The first-order valence-electron chi connectivity index (χ1n) is 15.8. The first kappa shape index (κ1) is 27.0. The maximum atomic E-state index is 5.22. The Hall–Kier alpha value is -6.39. The highest BCUT2D eigenvalue weighted by Crippen LogP contribution is 2.41. The molecule has 0 aliphatic heterocycles. The van der Waals surface area contributed by atoms with Crippen molar-refractivity contribution in [1.82, 2.24) is 19.5 Å². The van der Waals surface area contributed by atoms with E-state index < -0.39 is 0 Å². The van der Waals surface area contributed by atoms with E-state index in [2.05, 4.69) is 138 Å². The zero-order valence-electron chi connectivity index (χ0n) is 25.5. The summed E-state index contributed by atoms with van der Waals surface area (Å²) in [6, 6.07) is 58.9. The van der Waals surface area contributed by atoms with E-state index in [1.165, 1.54) is 5.39 Å². The third-order valence-electron chi connectivity index (χ3n) is 8.80. The lowest BCUT2D eigenvalue weighted by molar-refractivity contribution is 1.17. The summed E-state index contributed by atoms with van der Waals surface area (Å²) >= 11 is 0. The molecule has 3 heterocycles. The van der Waals surface area contributed by atoms with Gasteiger partial charge in [-0.1, -0.05) is 140 Å². The summed E-state index contributed by atoms with van der Waals surface area (Å²) in [6.45, 7) is 0. The predicted molar refractivity (Wildman–Crippen MR) is 193 cm³/mol. The molecule has 4 heteroatoms. The summed E-state index contributed by atoms with van der Waals surface area (Å²) in [7, 11) is 0. The maximum absolute atomic E-state index is 5.22. The number of hydrogen-bond donors (Lipinski definition) is 0. The van der Waals surface area contributed by atoms with Crippen molar-refractivity contribution in [2.45, 2.75) is 0 Å². The van der Waals surface area contributed by atoms with Crippen molar-refractivity contribution in [2.24, 2.45) is 0 Å². The van der Waals surface area contributed by atoms with E-state index in [1.807, 2.05) is 36.4 Å². The molecule has 3 aromatic heterocycles. The van der Waals surface area contributed by atoms with Crippen molar-refractivity contribution in [1.29, 1.82) is 0 Å². The molecule has 0 spiro atoms. The van der Waals surface area contributed by atoms with Crippen LogP contribution < -0.4 is 0 Å². The Bertz CT molecular complexity index is 2480. The van der Waals surface area contributed by atoms with E-state index in [0.29, 0.717) is 5.82 Å². The molecule has 0 aliphatic rings. The van der Waals surface area contributed by atoms with Gasteiger partial charge in [-0.2, -0.15) is 0 Å². The van der Waals surface area contributed by atoms with Gasteiger partial charge in [-0.05, 0) is 30.3 Å². The fourth-order valence-electron chi connectivity index (χ4n) is 6.61. The maximum Gasteiger partial charge on any atom is 0.160 e. The summed E-state index contributed by atoms with van der Waals surface area (Å²) in [5, 5.41) is 3.46. The van der Waals surface area contributed by atoms with Gasteiger partial charge >= 0.3 is 0 Å². The largest absolute Gasteiger partial charge is 0.308 e. The molecule has 9 rings (SSSR count). The minimum atomic E-state index is 0.709. The molecular weight excluding hydrogens is 573 g/mol. The Morgan fingerprint density at radius 1 is 0.404 bits per heavy atom.